The van der Waals surface area contributed by atoms with E-state index in [0.717, 1.165) is 13.1 Å². The first-order valence-corrected chi connectivity index (χ1v) is 4.21. The molecule has 1 aromatic rings. The largest absolute Gasteiger partial charge is 0.301 e. The molecule has 0 fully saturated rings. The highest BCUT2D eigenvalue weighted by molar-refractivity contribution is 7.09. The fraction of sp³-hybridized carbons (Fsp3) is 0.375. The molecule has 0 unspecified atom stereocenters. The first kappa shape index (κ1) is 7.76. The van der Waals surface area contributed by atoms with Gasteiger partial charge in [0.15, 0.2) is 0 Å². The van der Waals surface area contributed by atoms with Gasteiger partial charge in [0, 0.05) is 11.4 Å². The molecule has 10 heavy (non-hydrogen) atoms. The second-order valence-electron chi connectivity index (χ2n) is 2.32. The summed E-state index contributed by atoms with van der Waals surface area (Å²) in [5.41, 5.74) is 0. The molecule has 0 aliphatic rings. The van der Waals surface area contributed by atoms with Crippen molar-refractivity contribution in [3.63, 3.8) is 0 Å². The van der Waals surface area contributed by atoms with Crippen LogP contribution >= 0.6 is 11.3 Å². The van der Waals surface area contributed by atoms with E-state index in [0.29, 0.717) is 0 Å². The predicted octanol–water partition coefficient (Wildman–Crippen LogP) is 2.01. The summed E-state index contributed by atoms with van der Waals surface area (Å²) < 4.78 is 0. The van der Waals surface area contributed by atoms with E-state index in [1.165, 1.54) is 4.88 Å². The Labute approximate surface area is 66.3 Å². The van der Waals surface area contributed by atoms with Gasteiger partial charge in [-0.05, 0) is 32.0 Å². The second kappa shape index (κ2) is 3.74. The highest BCUT2D eigenvalue weighted by Gasteiger charge is 1.96. The van der Waals surface area contributed by atoms with Crippen LogP contribution in [-0.2, 0) is 6.54 Å². The van der Waals surface area contributed by atoms with Gasteiger partial charge in [-0.2, -0.15) is 0 Å². The van der Waals surface area contributed by atoms with Gasteiger partial charge >= 0.3 is 0 Å². The molecule has 0 aliphatic heterocycles. The van der Waals surface area contributed by atoms with Crippen LogP contribution < -0.4 is 0 Å². The molecule has 0 aliphatic carbocycles. The van der Waals surface area contributed by atoms with Gasteiger partial charge in [-0.15, -0.1) is 11.3 Å². The predicted molar refractivity (Wildman–Crippen MR) is 46.0 cm³/mol. The molecule has 0 saturated heterocycles. The molecule has 0 spiro atoms. The third kappa shape index (κ3) is 2.12. The van der Waals surface area contributed by atoms with E-state index < -0.39 is 0 Å². The minimum absolute atomic E-state index is 0.873. The molecular formula is C8H12NS. The number of rotatable bonds is 3. The Hall–Kier alpha value is -0.340. The molecule has 1 aromatic heterocycles. The van der Waals surface area contributed by atoms with Crippen LogP contribution in [0.1, 0.15) is 4.88 Å². The second-order valence-corrected chi connectivity index (χ2v) is 3.35. The van der Waals surface area contributed by atoms with Gasteiger partial charge in [0.05, 0.1) is 0 Å². The lowest BCUT2D eigenvalue weighted by Gasteiger charge is -2.10. The lowest BCUT2D eigenvalue weighted by Crippen LogP contribution is -2.15. The topological polar surface area (TPSA) is 3.24 Å². The Kier molecular flexibility index (Phi) is 2.90. The van der Waals surface area contributed by atoms with E-state index in [1.54, 1.807) is 11.3 Å². The Morgan fingerprint density at radius 3 is 3.00 bits per heavy atom. The quantitative estimate of drug-likeness (QED) is 0.643. The standard InChI is InChI=1S/C8H12NS/c1-3-9(2)7-8-5-4-6-10-8/h4-6H,1,3,7H2,2H3. The summed E-state index contributed by atoms with van der Waals surface area (Å²) in [5.74, 6) is 0. The zero-order valence-corrected chi connectivity index (χ0v) is 7.03. The molecule has 0 saturated carbocycles. The van der Waals surface area contributed by atoms with E-state index in [4.69, 9.17) is 0 Å². The van der Waals surface area contributed by atoms with Gasteiger partial charge < -0.3 is 4.90 Å². The lowest BCUT2D eigenvalue weighted by molar-refractivity contribution is 0.365. The van der Waals surface area contributed by atoms with Crippen molar-refractivity contribution < 1.29 is 0 Å². The van der Waals surface area contributed by atoms with Crippen molar-refractivity contribution >= 4 is 11.3 Å². The summed E-state index contributed by atoms with van der Waals surface area (Å²) in [5, 5.41) is 2.10. The molecule has 0 bridgehead atoms. The molecular weight excluding hydrogens is 142 g/mol. The fourth-order valence-electron chi connectivity index (χ4n) is 0.748. The van der Waals surface area contributed by atoms with Crippen LogP contribution in [0, 0.1) is 6.92 Å². The van der Waals surface area contributed by atoms with Crippen molar-refractivity contribution in [2.75, 3.05) is 13.6 Å². The molecule has 55 valence electrons. The minimum Gasteiger partial charge on any atom is -0.301 e. The molecule has 1 nitrogen and oxygen atoms in total. The molecule has 0 amide bonds. The first-order valence-electron chi connectivity index (χ1n) is 3.33. The van der Waals surface area contributed by atoms with Crippen LogP contribution in [0.25, 0.3) is 0 Å². The summed E-state index contributed by atoms with van der Waals surface area (Å²) >= 11 is 1.80. The average molecular weight is 154 g/mol. The van der Waals surface area contributed by atoms with Crippen LogP contribution in [0.4, 0.5) is 0 Å². The van der Waals surface area contributed by atoms with Crippen molar-refractivity contribution in [3.05, 3.63) is 29.3 Å². The highest BCUT2D eigenvalue weighted by atomic mass is 32.1. The maximum absolute atomic E-state index is 3.80. The molecule has 0 atom stereocenters. The van der Waals surface area contributed by atoms with Gasteiger partial charge in [0.2, 0.25) is 0 Å². The zero-order chi connectivity index (χ0) is 7.40. The summed E-state index contributed by atoms with van der Waals surface area (Å²) in [6.07, 6.45) is 0. The smallest absolute Gasteiger partial charge is 0.0324 e. The molecule has 1 heterocycles. The fourth-order valence-corrected chi connectivity index (χ4v) is 1.53. The van der Waals surface area contributed by atoms with Crippen molar-refractivity contribution in [1.29, 1.82) is 0 Å². The number of thiophene rings is 1. The SMILES string of the molecule is [CH2]CN(C)Cc1cccs1. The minimum atomic E-state index is 0.873. The number of nitrogens with zero attached hydrogens (tertiary/aromatic N) is 1. The van der Waals surface area contributed by atoms with Crippen molar-refractivity contribution in [1.82, 2.24) is 4.90 Å². The van der Waals surface area contributed by atoms with E-state index in [1.807, 2.05) is 0 Å². The van der Waals surface area contributed by atoms with Crippen LogP contribution in [0.15, 0.2) is 17.5 Å². The van der Waals surface area contributed by atoms with Crippen LogP contribution in [0.2, 0.25) is 0 Å². The van der Waals surface area contributed by atoms with Gasteiger partial charge in [-0.1, -0.05) is 6.07 Å². The third-order valence-electron chi connectivity index (χ3n) is 1.39. The summed E-state index contributed by atoms with van der Waals surface area (Å²) in [6.45, 7) is 5.70. The van der Waals surface area contributed by atoms with Gasteiger partial charge in [0.1, 0.15) is 0 Å². The molecule has 2 heteroatoms. The summed E-state index contributed by atoms with van der Waals surface area (Å²) in [4.78, 5) is 3.59. The summed E-state index contributed by atoms with van der Waals surface area (Å²) in [7, 11) is 2.08. The van der Waals surface area contributed by atoms with Crippen molar-refractivity contribution in [3.8, 4) is 0 Å². The first-order chi connectivity index (χ1) is 4.83. The Morgan fingerprint density at radius 2 is 2.50 bits per heavy atom. The summed E-state index contributed by atoms with van der Waals surface area (Å²) in [6, 6.07) is 4.23. The normalized spacial score (nSPS) is 10.7. The third-order valence-corrected chi connectivity index (χ3v) is 2.25. The molecule has 1 radical (unpaired) electrons. The monoisotopic (exact) mass is 154 g/mol. The number of hydrogen-bond donors (Lipinski definition) is 0. The molecule has 0 N–H and O–H groups in total. The lowest BCUT2D eigenvalue weighted by atomic mass is 10.4. The Bertz CT molecular complexity index is 169. The Morgan fingerprint density at radius 1 is 1.70 bits per heavy atom. The highest BCUT2D eigenvalue weighted by Crippen LogP contribution is 2.09. The Balaban J connectivity index is 2.40. The van der Waals surface area contributed by atoms with Crippen molar-refractivity contribution in [2.45, 2.75) is 6.54 Å². The van der Waals surface area contributed by atoms with Crippen molar-refractivity contribution in [2.24, 2.45) is 0 Å². The maximum Gasteiger partial charge on any atom is 0.0324 e. The van der Waals surface area contributed by atoms with Crippen LogP contribution in [-0.4, -0.2) is 18.5 Å². The van der Waals surface area contributed by atoms with Gasteiger partial charge in [-0.25, -0.2) is 0 Å². The van der Waals surface area contributed by atoms with Gasteiger partial charge in [0.25, 0.3) is 0 Å². The number of hydrogen-bond acceptors (Lipinski definition) is 2. The van der Waals surface area contributed by atoms with E-state index >= 15 is 0 Å². The van der Waals surface area contributed by atoms with Gasteiger partial charge in [-0.3, -0.25) is 0 Å². The van der Waals surface area contributed by atoms with Crippen LogP contribution in [0.5, 0.6) is 0 Å². The van der Waals surface area contributed by atoms with E-state index in [2.05, 4.69) is 36.4 Å². The molecule has 0 aromatic carbocycles. The maximum atomic E-state index is 3.80. The van der Waals surface area contributed by atoms with E-state index in [-0.39, 0.29) is 0 Å². The van der Waals surface area contributed by atoms with Crippen LogP contribution in [0.3, 0.4) is 0 Å². The van der Waals surface area contributed by atoms with E-state index in [9.17, 15) is 0 Å². The molecule has 1 rings (SSSR count). The average Bonchev–Trinajstić information content (AvgIpc) is 2.40. The zero-order valence-electron chi connectivity index (χ0n) is 6.21.